The summed E-state index contributed by atoms with van der Waals surface area (Å²) in [4.78, 5) is 28.7. The molecule has 2 aromatic heterocycles. The molecule has 4 rings (SSSR count). The fourth-order valence-electron chi connectivity index (χ4n) is 3.41. The van der Waals surface area contributed by atoms with E-state index in [1.807, 2.05) is 43.0 Å². The Kier molecular flexibility index (Phi) is 5.86. The van der Waals surface area contributed by atoms with Crippen molar-refractivity contribution in [1.82, 2.24) is 20.0 Å². The van der Waals surface area contributed by atoms with Gasteiger partial charge in [0.15, 0.2) is 10.1 Å². The summed E-state index contributed by atoms with van der Waals surface area (Å²) in [6.07, 6.45) is 0.490. The summed E-state index contributed by atoms with van der Waals surface area (Å²) in [6.45, 7) is 5.94. The molecular weight excluding hydrogens is 408 g/mol. The van der Waals surface area contributed by atoms with Crippen LogP contribution in [0, 0.1) is 6.92 Å². The van der Waals surface area contributed by atoms with Gasteiger partial charge in [-0.05, 0) is 13.0 Å². The average Bonchev–Trinajstić information content (AvgIpc) is 3.34. The van der Waals surface area contributed by atoms with E-state index in [0.717, 1.165) is 20.3 Å². The minimum absolute atomic E-state index is 0.117. The van der Waals surface area contributed by atoms with Crippen molar-refractivity contribution < 1.29 is 14.0 Å². The van der Waals surface area contributed by atoms with Crippen LogP contribution in [0.25, 0.3) is 11.0 Å². The first-order chi connectivity index (χ1) is 14.1. The lowest BCUT2D eigenvalue weighted by atomic mass is 10.1. The van der Waals surface area contributed by atoms with Crippen LogP contribution in [0.1, 0.15) is 34.5 Å². The van der Waals surface area contributed by atoms with Gasteiger partial charge in [-0.25, -0.2) is 0 Å². The van der Waals surface area contributed by atoms with E-state index in [0.29, 0.717) is 49.7 Å². The molecular formula is C20H22N4O3S2. The molecule has 1 aliphatic heterocycles. The van der Waals surface area contributed by atoms with E-state index >= 15 is 0 Å². The number of amides is 2. The van der Waals surface area contributed by atoms with Crippen molar-refractivity contribution in [2.45, 2.75) is 30.4 Å². The second kappa shape index (κ2) is 8.54. The number of nitrogens with zero attached hydrogens (tertiary/aromatic N) is 4. The maximum atomic E-state index is 13.2. The Labute approximate surface area is 177 Å². The lowest BCUT2D eigenvalue weighted by Gasteiger charge is -2.34. The highest BCUT2D eigenvalue weighted by atomic mass is 32.2. The maximum Gasteiger partial charge on any atom is 0.290 e. The second-order valence-corrected chi connectivity index (χ2v) is 9.21. The van der Waals surface area contributed by atoms with Gasteiger partial charge in [-0.2, -0.15) is 0 Å². The molecule has 0 N–H and O–H groups in total. The monoisotopic (exact) mass is 430 g/mol. The molecule has 29 heavy (non-hydrogen) atoms. The highest BCUT2D eigenvalue weighted by Crippen LogP contribution is 2.33. The van der Waals surface area contributed by atoms with Crippen LogP contribution in [0.3, 0.4) is 0 Å². The number of aromatic nitrogens is 2. The molecule has 0 bridgehead atoms. The summed E-state index contributed by atoms with van der Waals surface area (Å²) in [5.41, 5.74) is 1.59. The number of fused-ring (bicyclic) bond motifs is 1. The zero-order valence-corrected chi connectivity index (χ0v) is 18.0. The van der Waals surface area contributed by atoms with Crippen LogP contribution >= 0.6 is 23.1 Å². The number of hydrogen-bond acceptors (Lipinski definition) is 7. The number of para-hydroxylation sites is 1. The number of hydrogen-bond donors (Lipinski definition) is 0. The van der Waals surface area contributed by atoms with Gasteiger partial charge >= 0.3 is 0 Å². The SMILES string of the molecule is CCC(=O)N1CCN(C(=O)c2oc3ccccc3c2CSc2nnc(C)s2)CC1. The van der Waals surface area contributed by atoms with Gasteiger partial charge in [0.05, 0.1) is 0 Å². The van der Waals surface area contributed by atoms with E-state index in [9.17, 15) is 9.59 Å². The highest BCUT2D eigenvalue weighted by molar-refractivity contribution is 8.00. The molecule has 0 atom stereocenters. The summed E-state index contributed by atoms with van der Waals surface area (Å²) in [6, 6.07) is 7.71. The Balaban J connectivity index is 1.56. The van der Waals surface area contributed by atoms with E-state index in [2.05, 4.69) is 10.2 Å². The number of furan rings is 1. The molecule has 0 spiro atoms. The topological polar surface area (TPSA) is 79.5 Å². The molecule has 1 fully saturated rings. The molecule has 0 aliphatic carbocycles. The number of thioether (sulfide) groups is 1. The molecule has 0 radical (unpaired) electrons. The number of carbonyl (C=O) groups excluding carboxylic acids is 2. The van der Waals surface area contributed by atoms with Crippen LogP contribution in [-0.4, -0.2) is 58.0 Å². The van der Waals surface area contributed by atoms with Gasteiger partial charge in [-0.15, -0.1) is 10.2 Å². The van der Waals surface area contributed by atoms with Gasteiger partial charge in [0, 0.05) is 49.3 Å². The number of rotatable bonds is 5. The Bertz CT molecular complexity index is 1040. The van der Waals surface area contributed by atoms with E-state index in [-0.39, 0.29) is 11.8 Å². The van der Waals surface area contributed by atoms with Gasteiger partial charge in [0.1, 0.15) is 10.6 Å². The summed E-state index contributed by atoms with van der Waals surface area (Å²) >= 11 is 3.10. The van der Waals surface area contributed by atoms with E-state index in [1.54, 1.807) is 16.7 Å². The third-order valence-corrected chi connectivity index (χ3v) is 6.96. The van der Waals surface area contributed by atoms with Crippen molar-refractivity contribution in [3.63, 3.8) is 0 Å². The Morgan fingerprint density at radius 2 is 1.86 bits per heavy atom. The second-order valence-electron chi connectivity index (χ2n) is 6.81. The Morgan fingerprint density at radius 3 is 2.55 bits per heavy atom. The van der Waals surface area contributed by atoms with Crippen LogP contribution in [0.4, 0.5) is 0 Å². The van der Waals surface area contributed by atoms with Crippen LogP contribution < -0.4 is 0 Å². The third kappa shape index (κ3) is 4.16. The van der Waals surface area contributed by atoms with Crippen molar-refractivity contribution in [3.8, 4) is 0 Å². The normalized spacial score (nSPS) is 14.6. The zero-order chi connectivity index (χ0) is 20.4. The van der Waals surface area contributed by atoms with Crippen molar-refractivity contribution in [2.75, 3.05) is 26.2 Å². The summed E-state index contributed by atoms with van der Waals surface area (Å²) in [5.74, 6) is 0.982. The Morgan fingerprint density at radius 1 is 1.14 bits per heavy atom. The lowest BCUT2D eigenvalue weighted by Crippen LogP contribution is -2.50. The van der Waals surface area contributed by atoms with Crippen molar-refractivity contribution in [2.24, 2.45) is 0 Å². The molecule has 3 aromatic rings. The maximum absolute atomic E-state index is 13.2. The summed E-state index contributed by atoms with van der Waals surface area (Å²) in [7, 11) is 0. The van der Waals surface area contributed by atoms with E-state index in [1.165, 1.54) is 11.3 Å². The quantitative estimate of drug-likeness (QED) is 0.576. The molecule has 0 unspecified atom stereocenters. The molecule has 2 amide bonds. The van der Waals surface area contributed by atoms with Gasteiger partial charge < -0.3 is 14.2 Å². The van der Waals surface area contributed by atoms with Gasteiger partial charge in [-0.1, -0.05) is 48.2 Å². The van der Waals surface area contributed by atoms with E-state index < -0.39 is 0 Å². The number of aryl methyl sites for hydroxylation is 1. The fraction of sp³-hybridized carbons (Fsp3) is 0.400. The first-order valence-corrected chi connectivity index (χ1v) is 11.4. The minimum Gasteiger partial charge on any atom is -0.451 e. The first kappa shape index (κ1) is 19.9. The van der Waals surface area contributed by atoms with Crippen molar-refractivity contribution in [1.29, 1.82) is 0 Å². The summed E-state index contributed by atoms with van der Waals surface area (Å²) in [5, 5.41) is 10.1. The lowest BCUT2D eigenvalue weighted by molar-refractivity contribution is -0.132. The van der Waals surface area contributed by atoms with Gasteiger partial charge in [0.25, 0.3) is 5.91 Å². The smallest absolute Gasteiger partial charge is 0.290 e. The van der Waals surface area contributed by atoms with Gasteiger partial charge in [0.2, 0.25) is 5.91 Å². The number of piperazine rings is 1. The number of benzene rings is 1. The van der Waals surface area contributed by atoms with Gasteiger partial charge in [-0.3, -0.25) is 9.59 Å². The first-order valence-electron chi connectivity index (χ1n) is 9.57. The standard InChI is InChI=1S/C20H22N4O3S2/c1-3-17(25)23-8-10-24(11-9-23)19(26)18-15(12-28-20-22-21-13(2)29-20)14-6-4-5-7-16(14)27-18/h4-7H,3,8-12H2,1-2H3. The largest absolute Gasteiger partial charge is 0.451 e. The molecule has 1 saturated heterocycles. The van der Waals surface area contributed by atoms with Crippen molar-refractivity contribution in [3.05, 3.63) is 40.6 Å². The minimum atomic E-state index is -0.117. The van der Waals surface area contributed by atoms with Crippen LogP contribution in [0.15, 0.2) is 33.0 Å². The van der Waals surface area contributed by atoms with Crippen LogP contribution in [0.2, 0.25) is 0 Å². The molecule has 1 aliphatic rings. The number of carbonyl (C=O) groups is 2. The zero-order valence-electron chi connectivity index (χ0n) is 16.4. The molecule has 7 nitrogen and oxygen atoms in total. The molecule has 3 heterocycles. The summed E-state index contributed by atoms with van der Waals surface area (Å²) < 4.78 is 6.86. The predicted molar refractivity (Wildman–Crippen MR) is 113 cm³/mol. The fourth-order valence-corrected chi connectivity index (χ4v) is 5.25. The predicted octanol–water partition coefficient (Wildman–Crippen LogP) is 3.58. The molecule has 1 aromatic carbocycles. The highest BCUT2D eigenvalue weighted by Gasteiger charge is 2.29. The third-order valence-electron chi connectivity index (χ3n) is 4.96. The molecule has 9 heteroatoms. The van der Waals surface area contributed by atoms with E-state index in [4.69, 9.17) is 4.42 Å². The average molecular weight is 431 g/mol. The van der Waals surface area contributed by atoms with Crippen molar-refractivity contribution >= 4 is 45.9 Å². The van der Waals surface area contributed by atoms with Crippen LogP contribution in [-0.2, 0) is 10.5 Å². The van der Waals surface area contributed by atoms with Crippen LogP contribution in [0.5, 0.6) is 0 Å². The molecule has 152 valence electrons. The Hall–Kier alpha value is -2.39. The molecule has 0 saturated carbocycles.